The minimum Gasteiger partial charge on any atom is -0.436 e. The van der Waals surface area contributed by atoms with E-state index in [0.29, 0.717) is 5.89 Å². The van der Waals surface area contributed by atoms with Gasteiger partial charge in [0.2, 0.25) is 11.8 Å². The molecule has 1 N–H and O–H groups in total. The molecular formula is C29H24N2O2. The number of aryl methyl sites for hydroxylation is 1. The summed E-state index contributed by atoms with van der Waals surface area (Å²) in [6.45, 7) is 2.12. The summed E-state index contributed by atoms with van der Waals surface area (Å²) in [6.07, 6.45) is 0.958. The zero-order valence-corrected chi connectivity index (χ0v) is 18.4. The van der Waals surface area contributed by atoms with Crippen molar-refractivity contribution in [2.45, 2.75) is 19.3 Å². The number of amides is 1. The average Bonchev–Trinajstić information content (AvgIpc) is 3.29. The van der Waals surface area contributed by atoms with Gasteiger partial charge in [-0.05, 0) is 59.5 Å². The number of benzene rings is 4. The lowest BCUT2D eigenvalue weighted by atomic mass is 9.90. The van der Waals surface area contributed by atoms with Crippen LogP contribution in [0.15, 0.2) is 108 Å². The van der Waals surface area contributed by atoms with E-state index in [-0.39, 0.29) is 5.91 Å². The van der Waals surface area contributed by atoms with Gasteiger partial charge in [-0.3, -0.25) is 4.79 Å². The Balaban J connectivity index is 1.38. The van der Waals surface area contributed by atoms with Crippen molar-refractivity contribution in [3.05, 3.63) is 120 Å². The predicted molar refractivity (Wildman–Crippen MR) is 132 cm³/mol. The quantitative estimate of drug-likeness (QED) is 0.320. The lowest BCUT2D eigenvalue weighted by Crippen LogP contribution is -2.22. The van der Waals surface area contributed by atoms with Gasteiger partial charge in [0.15, 0.2) is 5.58 Å². The van der Waals surface area contributed by atoms with E-state index in [1.807, 2.05) is 91.0 Å². The number of oxazole rings is 1. The molecule has 1 heterocycles. The lowest BCUT2D eigenvalue weighted by molar-refractivity contribution is -0.116. The highest BCUT2D eigenvalue weighted by molar-refractivity contribution is 5.98. The van der Waals surface area contributed by atoms with Crippen LogP contribution in [0.2, 0.25) is 0 Å². The number of rotatable bonds is 6. The molecule has 33 heavy (non-hydrogen) atoms. The SMILES string of the molecule is CCc1ccc2oc(-c3ccc(NC(=O)C(c4ccccc4)c4ccccc4)cc3)nc2c1. The van der Waals surface area contributed by atoms with Crippen LogP contribution in [0.1, 0.15) is 29.5 Å². The number of carbonyl (C=O) groups excluding carboxylic acids is 1. The second kappa shape index (κ2) is 9.13. The second-order valence-electron chi connectivity index (χ2n) is 8.00. The van der Waals surface area contributed by atoms with Gasteiger partial charge >= 0.3 is 0 Å². The first-order chi connectivity index (χ1) is 16.2. The Morgan fingerprint density at radius 2 is 1.48 bits per heavy atom. The van der Waals surface area contributed by atoms with Crippen LogP contribution in [0, 0.1) is 0 Å². The van der Waals surface area contributed by atoms with Crippen LogP contribution >= 0.6 is 0 Å². The van der Waals surface area contributed by atoms with Crippen molar-refractivity contribution in [1.29, 1.82) is 0 Å². The van der Waals surface area contributed by atoms with Gasteiger partial charge in [-0.1, -0.05) is 73.7 Å². The molecule has 1 aromatic heterocycles. The fourth-order valence-electron chi connectivity index (χ4n) is 4.01. The van der Waals surface area contributed by atoms with Gasteiger partial charge in [0.05, 0.1) is 5.92 Å². The molecular weight excluding hydrogens is 408 g/mol. The maximum Gasteiger partial charge on any atom is 0.236 e. The standard InChI is InChI=1S/C29H24N2O2/c1-2-20-13-18-26-25(19-20)31-29(33-26)23-14-16-24(17-15-23)30-28(32)27(21-9-5-3-6-10-21)22-11-7-4-8-12-22/h3-19,27H,2H2,1H3,(H,30,32). The Bertz CT molecular complexity index is 1330. The van der Waals surface area contributed by atoms with Gasteiger partial charge in [0.1, 0.15) is 5.52 Å². The van der Waals surface area contributed by atoms with E-state index in [2.05, 4.69) is 29.4 Å². The number of aromatic nitrogens is 1. The summed E-state index contributed by atoms with van der Waals surface area (Å²) in [5.74, 6) is 0.105. The third-order valence-electron chi connectivity index (χ3n) is 5.79. The third-order valence-corrected chi connectivity index (χ3v) is 5.79. The summed E-state index contributed by atoms with van der Waals surface area (Å²) >= 11 is 0. The molecule has 0 spiro atoms. The maximum atomic E-state index is 13.3. The van der Waals surface area contributed by atoms with Crippen LogP contribution in [0.25, 0.3) is 22.6 Å². The zero-order valence-electron chi connectivity index (χ0n) is 18.4. The Labute approximate surface area is 192 Å². The van der Waals surface area contributed by atoms with Gasteiger partial charge in [0, 0.05) is 11.3 Å². The fraction of sp³-hybridized carbons (Fsp3) is 0.103. The average molecular weight is 433 g/mol. The smallest absolute Gasteiger partial charge is 0.236 e. The molecule has 4 aromatic carbocycles. The number of nitrogens with zero attached hydrogens (tertiary/aromatic N) is 1. The summed E-state index contributed by atoms with van der Waals surface area (Å²) in [7, 11) is 0. The van der Waals surface area contributed by atoms with Gasteiger partial charge < -0.3 is 9.73 Å². The van der Waals surface area contributed by atoms with Crippen LogP contribution in [-0.2, 0) is 11.2 Å². The number of fused-ring (bicyclic) bond motifs is 1. The van der Waals surface area contributed by atoms with Crippen molar-refractivity contribution in [2.24, 2.45) is 0 Å². The van der Waals surface area contributed by atoms with Crippen LogP contribution in [0.5, 0.6) is 0 Å². The van der Waals surface area contributed by atoms with E-state index >= 15 is 0 Å². The van der Waals surface area contributed by atoms with Gasteiger partial charge in [-0.15, -0.1) is 0 Å². The second-order valence-corrected chi connectivity index (χ2v) is 8.00. The molecule has 0 bridgehead atoms. The topological polar surface area (TPSA) is 55.1 Å². The van der Waals surface area contributed by atoms with E-state index < -0.39 is 5.92 Å². The Kier molecular flexibility index (Phi) is 5.73. The summed E-state index contributed by atoms with van der Waals surface area (Å²) in [6, 6.07) is 33.4. The molecule has 162 valence electrons. The number of hydrogen-bond acceptors (Lipinski definition) is 3. The fourth-order valence-corrected chi connectivity index (χ4v) is 4.01. The Morgan fingerprint density at radius 1 is 0.848 bits per heavy atom. The van der Waals surface area contributed by atoms with Crippen LogP contribution in [0.3, 0.4) is 0 Å². The van der Waals surface area contributed by atoms with Crippen LogP contribution in [0.4, 0.5) is 5.69 Å². The highest BCUT2D eigenvalue weighted by Gasteiger charge is 2.22. The Morgan fingerprint density at radius 3 is 2.09 bits per heavy atom. The van der Waals surface area contributed by atoms with Crippen molar-refractivity contribution in [1.82, 2.24) is 4.98 Å². The molecule has 0 aliphatic heterocycles. The molecule has 0 radical (unpaired) electrons. The van der Waals surface area contributed by atoms with Crippen LogP contribution < -0.4 is 5.32 Å². The van der Waals surface area contributed by atoms with Crippen molar-refractivity contribution in [3.63, 3.8) is 0 Å². The summed E-state index contributed by atoms with van der Waals surface area (Å²) in [5, 5.41) is 3.07. The van der Waals surface area contributed by atoms with Crippen molar-refractivity contribution in [2.75, 3.05) is 5.32 Å². The molecule has 0 saturated heterocycles. The molecule has 1 amide bonds. The van der Waals surface area contributed by atoms with Crippen molar-refractivity contribution < 1.29 is 9.21 Å². The number of hydrogen-bond donors (Lipinski definition) is 1. The molecule has 4 heteroatoms. The Hall–Kier alpha value is -4.18. The third kappa shape index (κ3) is 4.41. The lowest BCUT2D eigenvalue weighted by Gasteiger charge is -2.18. The van der Waals surface area contributed by atoms with Gasteiger partial charge in [-0.25, -0.2) is 4.98 Å². The minimum atomic E-state index is -0.392. The first kappa shape index (κ1) is 20.7. The van der Waals surface area contributed by atoms with E-state index in [1.54, 1.807) is 0 Å². The molecule has 0 aliphatic rings. The highest BCUT2D eigenvalue weighted by Crippen LogP contribution is 2.28. The zero-order chi connectivity index (χ0) is 22.6. The van der Waals surface area contributed by atoms with Crippen molar-refractivity contribution in [3.8, 4) is 11.5 Å². The molecule has 5 aromatic rings. The molecule has 0 atom stereocenters. The van der Waals surface area contributed by atoms with E-state index in [4.69, 9.17) is 4.42 Å². The largest absolute Gasteiger partial charge is 0.436 e. The maximum absolute atomic E-state index is 13.3. The predicted octanol–water partition coefficient (Wildman–Crippen LogP) is 6.83. The molecule has 4 nitrogen and oxygen atoms in total. The molecule has 0 fully saturated rings. The van der Waals surface area contributed by atoms with Crippen molar-refractivity contribution >= 4 is 22.7 Å². The molecule has 0 unspecified atom stereocenters. The minimum absolute atomic E-state index is 0.0749. The molecule has 0 aliphatic carbocycles. The molecule has 5 rings (SSSR count). The first-order valence-corrected chi connectivity index (χ1v) is 11.1. The van der Waals surface area contributed by atoms with Crippen LogP contribution in [-0.4, -0.2) is 10.9 Å². The first-order valence-electron chi connectivity index (χ1n) is 11.1. The summed E-state index contributed by atoms with van der Waals surface area (Å²) < 4.78 is 5.93. The highest BCUT2D eigenvalue weighted by atomic mass is 16.3. The van der Waals surface area contributed by atoms with Gasteiger partial charge in [-0.2, -0.15) is 0 Å². The number of anilines is 1. The normalized spacial score (nSPS) is 11.1. The summed E-state index contributed by atoms with van der Waals surface area (Å²) in [4.78, 5) is 17.9. The van der Waals surface area contributed by atoms with Gasteiger partial charge in [0.25, 0.3) is 0 Å². The molecule has 0 saturated carbocycles. The van der Waals surface area contributed by atoms with E-state index in [0.717, 1.165) is 39.9 Å². The monoisotopic (exact) mass is 432 g/mol. The summed E-state index contributed by atoms with van der Waals surface area (Å²) in [5.41, 5.74) is 6.36. The van der Waals surface area contributed by atoms with E-state index in [1.165, 1.54) is 5.56 Å². The van der Waals surface area contributed by atoms with E-state index in [9.17, 15) is 4.79 Å². The number of carbonyl (C=O) groups is 1. The number of nitrogens with one attached hydrogen (secondary N) is 1.